The molecule has 7 nitrogen and oxygen atoms in total. The van der Waals surface area contributed by atoms with Gasteiger partial charge in [0.05, 0.1) is 24.4 Å². The van der Waals surface area contributed by atoms with Crippen molar-refractivity contribution in [2.45, 2.75) is 13.1 Å². The number of nitrogens with zero attached hydrogens (tertiary/aromatic N) is 5. The number of aryl methyl sites for hydroxylation is 2. The summed E-state index contributed by atoms with van der Waals surface area (Å²) >= 11 is 0. The monoisotopic (exact) mass is 362 g/mol. The molecule has 0 aromatic carbocycles. The second kappa shape index (κ2) is 6.54. The number of pyridine rings is 1. The van der Waals surface area contributed by atoms with E-state index in [2.05, 4.69) is 25.3 Å². The highest BCUT2D eigenvalue weighted by Crippen LogP contribution is 2.27. The molecule has 1 N–H and O–H groups in total. The van der Waals surface area contributed by atoms with E-state index in [1.165, 1.54) is 6.20 Å². The highest BCUT2D eigenvalue weighted by Gasteiger charge is 2.32. The number of carbonyl (C=O) groups excluding carboxylic acids is 1. The van der Waals surface area contributed by atoms with Crippen LogP contribution in [-0.2, 0) is 13.2 Å². The van der Waals surface area contributed by atoms with Crippen LogP contribution in [0.25, 0.3) is 11.5 Å². The number of imidazole rings is 1. The minimum atomic E-state index is -4.54. The molecule has 1 amide bonds. The van der Waals surface area contributed by atoms with E-state index in [0.717, 1.165) is 18.3 Å². The quantitative estimate of drug-likeness (QED) is 0.774. The number of carbonyl (C=O) groups is 1. The second-order valence-corrected chi connectivity index (χ2v) is 5.50. The van der Waals surface area contributed by atoms with Crippen molar-refractivity contribution in [3.63, 3.8) is 0 Å². The first-order valence-electron chi connectivity index (χ1n) is 7.40. The van der Waals surface area contributed by atoms with Crippen molar-refractivity contribution in [3.8, 4) is 11.5 Å². The third kappa shape index (κ3) is 3.53. The molecule has 3 aromatic heterocycles. The lowest BCUT2D eigenvalue weighted by Gasteiger charge is -2.10. The van der Waals surface area contributed by atoms with Crippen LogP contribution in [0.3, 0.4) is 0 Å². The van der Waals surface area contributed by atoms with Gasteiger partial charge in [-0.15, -0.1) is 0 Å². The van der Waals surface area contributed by atoms with E-state index >= 15 is 0 Å². The lowest BCUT2D eigenvalue weighted by atomic mass is 10.2. The molecule has 0 aliphatic carbocycles. The van der Waals surface area contributed by atoms with Crippen LogP contribution in [0.2, 0.25) is 0 Å². The molecule has 3 rings (SSSR count). The summed E-state index contributed by atoms with van der Waals surface area (Å²) in [6.45, 7) is 1.66. The molecule has 134 valence electrons. The average molecular weight is 362 g/mol. The Kier molecular flexibility index (Phi) is 4.41. The highest BCUT2D eigenvalue weighted by molar-refractivity contribution is 6.03. The highest BCUT2D eigenvalue weighted by atomic mass is 19.4. The molecule has 0 fully saturated rings. The van der Waals surface area contributed by atoms with Crippen molar-refractivity contribution in [2.24, 2.45) is 7.05 Å². The lowest BCUT2D eigenvalue weighted by molar-refractivity contribution is -0.141. The number of amides is 1. The first-order valence-corrected chi connectivity index (χ1v) is 7.40. The van der Waals surface area contributed by atoms with Crippen LogP contribution in [0.4, 0.5) is 18.9 Å². The van der Waals surface area contributed by atoms with Gasteiger partial charge in [0.2, 0.25) is 0 Å². The van der Waals surface area contributed by atoms with Crippen molar-refractivity contribution in [1.82, 2.24) is 24.5 Å². The topological polar surface area (TPSA) is 85.6 Å². The summed E-state index contributed by atoms with van der Waals surface area (Å²) < 4.78 is 39.3. The number of aromatic nitrogens is 5. The van der Waals surface area contributed by atoms with E-state index in [-0.39, 0.29) is 11.4 Å². The maximum atomic E-state index is 12.5. The Morgan fingerprint density at radius 3 is 2.50 bits per heavy atom. The van der Waals surface area contributed by atoms with Crippen LogP contribution in [-0.4, -0.2) is 30.4 Å². The van der Waals surface area contributed by atoms with Gasteiger partial charge in [-0.05, 0) is 24.6 Å². The van der Waals surface area contributed by atoms with Gasteiger partial charge in [-0.25, -0.2) is 19.9 Å². The predicted molar refractivity (Wildman–Crippen MR) is 86.2 cm³/mol. The Balaban J connectivity index is 1.85. The summed E-state index contributed by atoms with van der Waals surface area (Å²) in [5.74, 6) is -0.263. The molecule has 0 saturated heterocycles. The fourth-order valence-corrected chi connectivity index (χ4v) is 2.19. The van der Waals surface area contributed by atoms with Crippen LogP contribution in [0, 0.1) is 6.92 Å². The first kappa shape index (κ1) is 17.5. The van der Waals surface area contributed by atoms with Crippen LogP contribution in [0.15, 0.2) is 37.1 Å². The minimum Gasteiger partial charge on any atom is -0.331 e. The first-order chi connectivity index (χ1) is 12.3. The van der Waals surface area contributed by atoms with E-state index in [9.17, 15) is 18.0 Å². The summed E-state index contributed by atoms with van der Waals surface area (Å²) in [6.07, 6.45) is 1.04. The number of rotatable bonds is 3. The molecule has 0 unspecified atom stereocenters. The zero-order valence-electron chi connectivity index (χ0n) is 13.7. The van der Waals surface area contributed by atoms with E-state index in [4.69, 9.17) is 0 Å². The number of halogens is 3. The Hall–Kier alpha value is -3.30. The summed E-state index contributed by atoms with van der Waals surface area (Å²) in [6, 6.07) is 1.93. The van der Waals surface area contributed by atoms with Crippen molar-refractivity contribution >= 4 is 11.6 Å². The molecular weight excluding hydrogens is 349 g/mol. The third-order valence-corrected chi connectivity index (χ3v) is 3.54. The van der Waals surface area contributed by atoms with Crippen molar-refractivity contribution in [3.05, 3.63) is 54.0 Å². The Labute approximate surface area is 146 Å². The van der Waals surface area contributed by atoms with Gasteiger partial charge < -0.3 is 9.88 Å². The zero-order chi connectivity index (χ0) is 18.9. The number of nitrogens with one attached hydrogen (secondary N) is 1. The van der Waals surface area contributed by atoms with Gasteiger partial charge in [0, 0.05) is 13.2 Å². The number of alkyl halides is 3. The molecule has 0 aliphatic heterocycles. The Morgan fingerprint density at radius 1 is 1.15 bits per heavy atom. The molecule has 0 radical (unpaired) electrons. The number of hydrogen-bond acceptors (Lipinski definition) is 5. The minimum absolute atomic E-state index is 0.107. The Morgan fingerprint density at radius 2 is 1.92 bits per heavy atom. The van der Waals surface area contributed by atoms with Crippen molar-refractivity contribution < 1.29 is 18.0 Å². The molecule has 0 bridgehead atoms. The molecule has 0 saturated carbocycles. The summed E-state index contributed by atoms with van der Waals surface area (Å²) in [5.41, 5.74) is 0.343. The van der Waals surface area contributed by atoms with Gasteiger partial charge >= 0.3 is 6.18 Å². The van der Waals surface area contributed by atoms with Crippen LogP contribution >= 0.6 is 0 Å². The van der Waals surface area contributed by atoms with Crippen molar-refractivity contribution in [1.29, 1.82) is 0 Å². The molecule has 10 heteroatoms. The van der Waals surface area contributed by atoms with Gasteiger partial charge in [-0.3, -0.25) is 4.79 Å². The summed E-state index contributed by atoms with van der Waals surface area (Å²) in [7, 11) is 1.76. The third-order valence-electron chi connectivity index (χ3n) is 3.54. The molecule has 0 aliphatic rings. The zero-order valence-corrected chi connectivity index (χ0v) is 13.7. The summed E-state index contributed by atoms with van der Waals surface area (Å²) in [4.78, 5) is 28.2. The molecule has 3 aromatic rings. The summed E-state index contributed by atoms with van der Waals surface area (Å²) in [5, 5.41) is 2.48. The predicted octanol–water partition coefficient (Wildman–Crippen LogP) is 2.85. The number of anilines is 1. The van der Waals surface area contributed by atoms with Crippen LogP contribution in [0.1, 0.15) is 21.7 Å². The van der Waals surface area contributed by atoms with Crippen LogP contribution < -0.4 is 5.32 Å². The lowest BCUT2D eigenvalue weighted by Crippen LogP contribution is -2.17. The maximum Gasteiger partial charge on any atom is 0.433 e. The normalized spacial score (nSPS) is 11.4. The van der Waals surface area contributed by atoms with E-state index in [1.54, 1.807) is 31.1 Å². The molecule has 0 spiro atoms. The van der Waals surface area contributed by atoms with E-state index in [0.29, 0.717) is 17.1 Å². The second-order valence-electron chi connectivity index (χ2n) is 5.50. The fraction of sp³-hybridized carbons (Fsp3) is 0.188. The largest absolute Gasteiger partial charge is 0.433 e. The molecular formula is C16H13F3N6O. The molecule has 0 atom stereocenters. The SMILES string of the molecule is Cc1cnc(-c2cncn2C)nc1C(=O)Nc1ccc(C(F)(F)F)nc1. The molecule has 26 heavy (non-hydrogen) atoms. The Bertz CT molecular complexity index is 949. The van der Waals surface area contributed by atoms with E-state index < -0.39 is 17.8 Å². The van der Waals surface area contributed by atoms with Gasteiger partial charge in [-0.2, -0.15) is 13.2 Å². The average Bonchev–Trinajstić information content (AvgIpc) is 3.01. The van der Waals surface area contributed by atoms with Crippen molar-refractivity contribution in [2.75, 3.05) is 5.32 Å². The standard InChI is InChI=1S/C16H13F3N6O/c1-9-5-22-14(11-7-20-8-25(11)2)24-13(9)15(26)23-10-3-4-12(21-6-10)16(17,18)19/h3-8H,1-2H3,(H,23,26). The maximum absolute atomic E-state index is 12.5. The van der Waals surface area contributed by atoms with Gasteiger partial charge in [0.25, 0.3) is 5.91 Å². The van der Waals surface area contributed by atoms with Gasteiger partial charge in [-0.1, -0.05) is 0 Å². The molecule has 3 heterocycles. The van der Waals surface area contributed by atoms with Crippen LogP contribution in [0.5, 0.6) is 0 Å². The van der Waals surface area contributed by atoms with Gasteiger partial charge in [0.15, 0.2) is 5.82 Å². The van der Waals surface area contributed by atoms with Gasteiger partial charge in [0.1, 0.15) is 17.1 Å². The fourth-order valence-electron chi connectivity index (χ4n) is 2.19. The smallest absolute Gasteiger partial charge is 0.331 e. The number of hydrogen-bond donors (Lipinski definition) is 1. The van der Waals surface area contributed by atoms with E-state index in [1.807, 2.05) is 0 Å².